The van der Waals surface area contributed by atoms with E-state index < -0.39 is 0 Å². The van der Waals surface area contributed by atoms with Crippen LogP contribution in [0.5, 0.6) is 0 Å². The number of benzene rings is 1. The van der Waals surface area contributed by atoms with Crippen LogP contribution in [0, 0.1) is 5.92 Å². The first-order chi connectivity index (χ1) is 8.15. The average molecular weight is 232 g/mol. The van der Waals surface area contributed by atoms with Gasteiger partial charge in [-0.2, -0.15) is 0 Å². The summed E-state index contributed by atoms with van der Waals surface area (Å²) in [6, 6.07) is 7.58. The maximum Gasteiger partial charge on any atom is 0.226 e. The quantitative estimate of drug-likeness (QED) is 0.793. The third-order valence-corrected chi connectivity index (χ3v) is 3.44. The second-order valence-corrected chi connectivity index (χ2v) is 4.99. The van der Waals surface area contributed by atoms with Gasteiger partial charge in [0.1, 0.15) is 0 Å². The van der Waals surface area contributed by atoms with Gasteiger partial charge in [-0.15, -0.1) is 0 Å². The molecule has 0 aliphatic carbocycles. The van der Waals surface area contributed by atoms with Gasteiger partial charge in [-0.1, -0.05) is 19.1 Å². The number of nitrogens with two attached hydrogens (primary N) is 1. The largest absolute Gasteiger partial charge is 0.399 e. The molecule has 0 atom stereocenters. The number of likely N-dealkylation sites (tertiary alicyclic amines) is 1. The lowest BCUT2D eigenvalue weighted by Gasteiger charge is -2.30. The smallest absolute Gasteiger partial charge is 0.226 e. The highest BCUT2D eigenvalue weighted by Crippen LogP contribution is 2.17. The van der Waals surface area contributed by atoms with E-state index >= 15 is 0 Å². The summed E-state index contributed by atoms with van der Waals surface area (Å²) in [5, 5.41) is 0. The molecule has 0 aromatic heterocycles. The SMILES string of the molecule is CC1CCN(C(=O)Cc2cccc(N)c2)CC1. The zero-order valence-electron chi connectivity index (χ0n) is 10.4. The van der Waals surface area contributed by atoms with Gasteiger partial charge in [0.25, 0.3) is 0 Å². The van der Waals surface area contributed by atoms with E-state index in [0.29, 0.717) is 6.42 Å². The topological polar surface area (TPSA) is 46.3 Å². The number of amides is 1. The van der Waals surface area contributed by atoms with E-state index in [2.05, 4.69) is 6.92 Å². The number of nitrogens with zero attached hydrogens (tertiary/aromatic N) is 1. The van der Waals surface area contributed by atoms with Crippen LogP contribution in [-0.2, 0) is 11.2 Å². The molecule has 0 radical (unpaired) electrons. The molecule has 3 nitrogen and oxygen atoms in total. The minimum Gasteiger partial charge on any atom is -0.399 e. The van der Waals surface area contributed by atoms with Crippen LogP contribution in [0.15, 0.2) is 24.3 Å². The number of rotatable bonds is 2. The molecule has 0 spiro atoms. The van der Waals surface area contributed by atoms with E-state index in [-0.39, 0.29) is 5.91 Å². The summed E-state index contributed by atoms with van der Waals surface area (Å²) in [5.41, 5.74) is 7.44. The van der Waals surface area contributed by atoms with Crippen LogP contribution >= 0.6 is 0 Å². The number of carbonyl (C=O) groups is 1. The third-order valence-electron chi connectivity index (χ3n) is 3.44. The van der Waals surface area contributed by atoms with Gasteiger partial charge in [0.05, 0.1) is 6.42 Å². The number of carbonyl (C=O) groups excluding carboxylic acids is 1. The molecular weight excluding hydrogens is 212 g/mol. The summed E-state index contributed by atoms with van der Waals surface area (Å²) in [6.45, 7) is 4.06. The zero-order chi connectivity index (χ0) is 12.3. The van der Waals surface area contributed by atoms with E-state index in [9.17, 15) is 4.79 Å². The standard InChI is InChI=1S/C14H20N2O/c1-11-5-7-16(8-6-11)14(17)10-12-3-2-4-13(15)9-12/h2-4,9,11H,5-8,10,15H2,1H3. The lowest BCUT2D eigenvalue weighted by molar-refractivity contribution is -0.131. The fourth-order valence-corrected chi connectivity index (χ4v) is 2.25. The molecule has 17 heavy (non-hydrogen) atoms. The Labute approximate surface area is 103 Å². The summed E-state index contributed by atoms with van der Waals surface area (Å²) >= 11 is 0. The van der Waals surface area contributed by atoms with E-state index in [0.717, 1.165) is 43.1 Å². The van der Waals surface area contributed by atoms with Gasteiger partial charge >= 0.3 is 0 Å². The molecule has 2 rings (SSSR count). The van der Waals surface area contributed by atoms with Gasteiger partial charge in [0.2, 0.25) is 5.91 Å². The van der Waals surface area contributed by atoms with Gasteiger partial charge in [-0.05, 0) is 36.5 Å². The van der Waals surface area contributed by atoms with Gasteiger partial charge in [-0.25, -0.2) is 0 Å². The molecule has 1 aromatic carbocycles. The number of hydrogen-bond acceptors (Lipinski definition) is 2. The van der Waals surface area contributed by atoms with Crippen LogP contribution < -0.4 is 5.73 Å². The Balaban J connectivity index is 1.93. The molecule has 0 saturated carbocycles. The maximum absolute atomic E-state index is 12.1. The fraction of sp³-hybridized carbons (Fsp3) is 0.500. The average Bonchev–Trinajstić information content (AvgIpc) is 2.29. The number of nitrogen functional groups attached to an aromatic ring is 1. The molecule has 1 aromatic rings. The van der Waals surface area contributed by atoms with E-state index in [1.54, 1.807) is 0 Å². The predicted octanol–water partition coefficient (Wildman–Crippen LogP) is 2.07. The fourth-order valence-electron chi connectivity index (χ4n) is 2.25. The van der Waals surface area contributed by atoms with Gasteiger partial charge in [0, 0.05) is 18.8 Å². The Morgan fingerprint density at radius 1 is 1.41 bits per heavy atom. The van der Waals surface area contributed by atoms with Crippen LogP contribution in [0.4, 0.5) is 5.69 Å². The zero-order valence-corrected chi connectivity index (χ0v) is 10.4. The lowest BCUT2D eigenvalue weighted by Crippen LogP contribution is -2.38. The molecule has 1 heterocycles. The molecular formula is C14H20N2O. The van der Waals surface area contributed by atoms with Crippen molar-refractivity contribution in [1.82, 2.24) is 4.90 Å². The molecule has 1 amide bonds. The summed E-state index contributed by atoms with van der Waals surface area (Å²) in [5.74, 6) is 0.980. The highest BCUT2D eigenvalue weighted by atomic mass is 16.2. The number of anilines is 1. The van der Waals surface area contributed by atoms with Crippen LogP contribution in [0.3, 0.4) is 0 Å². The molecule has 3 heteroatoms. The van der Waals surface area contributed by atoms with Crippen molar-refractivity contribution in [2.45, 2.75) is 26.2 Å². The van der Waals surface area contributed by atoms with Crippen molar-refractivity contribution in [2.24, 2.45) is 5.92 Å². The molecule has 0 bridgehead atoms. The van der Waals surface area contributed by atoms with E-state index in [1.807, 2.05) is 29.2 Å². The molecule has 2 N–H and O–H groups in total. The Morgan fingerprint density at radius 3 is 2.76 bits per heavy atom. The van der Waals surface area contributed by atoms with Crippen molar-refractivity contribution < 1.29 is 4.79 Å². The Kier molecular flexibility index (Phi) is 3.67. The predicted molar refractivity (Wildman–Crippen MR) is 69.5 cm³/mol. The van der Waals surface area contributed by atoms with Crippen molar-refractivity contribution in [2.75, 3.05) is 18.8 Å². The van der Waals surface area contributed by atoms with Crippen molar-refractivity contribution in [3.05, 3.63) is 29.8 Å². The monoisotopic (exact) mass is 232 g/mol. The van der Waals surface area contributed by atoms with Crippen molar-refractivity contribution in [3.8, 4) is 0 Å². The van der Waals surface area contributed by atoms with Crippen molar-refractivity contribution in [1.29, 1.82) is 0 Å². The Hall–Kier alpha value is -1.51. The van der Waals surface area contributed by atoms with Gasteiger partial charge < -0.3 is 10.6 Å². The molecule has 0 unspecified atom stereocenters. The maximum atomic E-state index is 12.1. The first kappa shape index (κ1) is 12.0. The van der Waals surface area contributed by atoms with E-state index in [4.69, 9.17) is 5.73 Å². The number of hydrogen-bond donors (Lipinski definition) is 1. The second-order valence-electron chi connectivity index (χ2n) is 4.99. The molecule has 1 aliphatic heterocycles. The summed E-state index contributed by atoms with van der Waals surface area (Å²) in [4.78, 5) is 14.0. The van der Waals surface area contributed by atoms with Gasteiger partial charge in [-0.3, -0.25) is 4.79 Å². The lowest BCUT2D eigenvalue weighted by atomic mass is 9.98. The summed E-state index contributed by atoms with van der Waals surface area (Å²) < 4.78 is 0. The normalized spacial score (nSPS) is 17.1. The van der Waals surface area contributed by atoms with Crippen molar-refractivity contribution in [3.63, 3.8) is 0 Å². The first-order valence-electron chi connectivity index (χ1n) is 6.27. The van der Waals surface area contributed by atoms with Crippen molar-refractivity contribution >= 4 is 11.6 Å². The minimum absolute atomic E-state index is 0.225. The Morgan fingerprint density at radius 2 is 2.12 bits per heavy atom. The van der Waals surface area contributed by atoms with Crippen LogP contribution in [0.25, 0.3) is 0 Å². The molecule has 1 fully saturated rings. The van der Waals surface area contributed by atoms with Crippen LogP contribution in [0.1, 0.15) is 25.3 Å². The third kappa shape index (κ3) is 3.22. The number of piperidine rings is 1. The minimum atomic E-state index is 0.225. The highest BCUT2D eigenvalue weighted by Gasteiger charge is 2.20. The second kappa shape index (κ2) is 5.21. The van der Waals surface area contributed by atoms with E-state index in [1.165, 1.54) is 0 Å². The Bertz CT molecular complexity index is 395. The molecule has 92 valence electrons. The molecule has 1 aliphatic rings. The molecule has 1 saturated heterocycles. The summed E-state index contributed by atoms with van der Waals surface area (Å²) in [6.07, 6.45) is 2.73. The van der Waals surface area contributed by atoms with Gasteiger partial charge in [0.15, 0.2) is 0 Å². The van der Waals surface area contributed by atoms with Crippen LogP contribution in [0.2, 0.25) is 0 Å². The summed E-state index contributed by atoms with van der Waals surface area (Å²) in [7, 11) is 0. The van der Waals surface area contributed by atoms with Crippen LogP contribution in [-0.4, -0.2) is 23.9 Å². The first-order valence-corrected chi connectivity index (χ1v) is 6.27. The highest BCUT2D eigenvalue weighted by molar-refractivity contribution is 5.79.